The summed E-state index contributed by atoms with van der Waals surface area (Å²) >= 11 is 0. The second-order valence-corrected chi connectivity index (χ2v) is 3.79. The van der Waals surface area contributed by atoms with E-state index < -0.39 is 0 Å². The number of aromatic nitrogens is 1. The molecule has 1 saturated heterocycles. The molecule has 0 radical (unpaired) electrons. The van der Waals surface area contributed by atoms with Gasteiger partial charge in [-0.15, -0.1) is 0 Å². The molecule has 1 aromatic rings. The number of amides is 1. The van der Waals surface area contributed by atoms with Gasteiger partial charge in [-0.05, 0) is 31.8 Å². The van der Waals surface area contributed by atoms with E-state index >= 15 is 0 Å². The zero-order valence-electron chi connectivity index (χ0n) is 8.53. The van der Waals surface area contributed by atoms with Crippen LogP contribution in [-0.4, -0.2) is 30.7 Å². The van der Waals surface area contributed by atoms with Crippen molar-refractivity contribution in [2.24, 2.45) is 5.92 Å². The summed E-state index contributed by atoms with van der Waals surface area (Å²) in [6.07, 6.45) is 3.65. The van der Waals surface area contributed by atoms with Gasteiger partial charge in [0.25, 0.3) is 5.91 Å². The summed E-state index contributed by atoms with van der Waals surface area (Å²) < 4.78 is 4.61. The van der Waals surface area contributed by atoms with E-state index in [1.807, 2.05) is 0 Å². The first kappa shape index (κ1) is 10.2. The predicted octanol–water partition coefficient (Wildman–Crippen LogP) is 0.404. The van der Waals surface area contributed by atoms with Crippen LogP contribution < -0.4 is 10.6 Å². The minimum Gasteiger partial charge on any atom is -0.364 e. The Morgan fingerprint density at radius 3 is 3.07 bits per heavy atom. The number of hydrogen-bond donors (Lipinski definition) is 2. The third-order valence-corrected chi connectivity index (χ3v) is 2.68. The van der Waals surface area contributed by atoms with Gasteiger partial charge in [0.2, 0.25) is 0 Å². The maximum Gasteiger partial charge on any atom is 0.273 e. The molecule has 1 aliphatic heterocycles. The lowest BCUT2D eigenvalue weighted by Crippen LogP contribution is -2.36. The largest absolute Gasteiger partial charge is 0.364 e. The van der Waals surface area contributed by atoms with Crippen molar-refractivity contribution in [3.63, 3.8) is 0 Å². The van der Waals surface area contributed by atoms with Gasteiger partial charge in [-0.1, -0.05) is 5.16 Å². The summed E-state index contributed by atoms with van der Waals surface area (Å²) in [6.45, 7) is 2.82. The van der Waals surface area contributed by atoms with E-state index in [1.54, 1.807) is 6.07 Å². The Morgan fingerprint density at radius 1 is 1.60 bits per heavy atom. The van der Waals surface area contributed by atoms with E-state index in [2.05, 4.69) is 20.3 Å². The van der Waals surface area contributed by atoms with Gasteiger partial charge in [0, 0.05) is 12.6 Å². The Morgan fingerprint density at radius 2 is 2.40 bits per heavy atom. The van der Waals surface area contributed by atoms with Crippen LogP contribution in [0.4, 0.5) is 0 Å². The number of nitrogens with zero attached hydrogens (tertiary/aromatic N) is 1. The molecule has 0 aromatic carbocycles. The highest BCUT2D eigenvalue weighted by molar-refractivity contribution is 5.91. The van der Waals surface area contributed by atoms with Crippen molar-refractivity contribution >= 4 is 5.91 Å². The quantitative estimate of drug-likeness (QED) is 0.756. The first-order valence-corrected chi connectivity index (χ1v) is 5.25. The van der Waals surface area contributed by atoms with Crippen LogP contribution in [0.1, 0.15) is 23.3 Å². The summed E-state index contributed by atoms with van der Waals surface area (Å²) in [6, 6.07) is 1.57. The van der Waals surface area contributed by atoms with Gasteiger partial charge in [-0.3, -0.25) is 4.79 Å². The summed E-state index contributed by atoms with van der Waals surface area (Å²) in [5, 5.41) is 9.74. The average Bonchev–Trinajstić information content (AvgIpc) is 2.81. The van der Waals surface area contributed by atoms with Crippen LogP contribution in [-0.2, 0) is 0 Å². The maximum atomic E-state index is 11.5. The molecule has 2 N–H and O–H groups in total. The van der Waals surface area contributed by atoms with Crippen molar-refractivity contribution in [1.29, 1.82) is 0 Å². The normalized spacial score (nSPS) is 17.6. The van der Waals surface area contributed by atoms with E-state index in [0.717, 1.165) is 32.5 Å². The molecule has 1 amide bonds. The highest BCUT2D eigenvalue weighted by atomic mass is 16.5. The van der Waals surface area contributed by atoms with Crippen LogP contribution >= 0.6 is 0 Å². The third-order valence-electron chi connectivity index (χ3n) is 2.68. The molecule has 5 nitrogen and oxygen atoms in total. The van der Waals surface area contributed by atoms with Gasteiger partial charge in [0.05, 0.1) is 0 Å². The van der Waals surface area contributed by atoms with Gasteiger partial charge in [-0.2, -0.15) is 0 Å². The van der Waals surface area contributed by atoms with Crippen molar-refractivity contribution in [2.45, 2.75) is 12.8 Å². The summed E-state index contributed by atoms with van der Waals surface area (Å²) in [7, 11) is 0. The standard InChI is InChI=1S/C10H15N3O2/c14-10(9-3-6-15-13-9)12-7-8-1-4-11-5-2-8/h3,6,8,11H,1-2,4-5,7H2,(H,12,14). The average molecular weight is 209 g/mol. The molecular formula is C10H15N3O2. The molecule has 0 atom stereocenters. The predicted molar refractivity (Wildman–Crippen MR) is 54.4 cm³/mol. The minimum absolute atomic E-state index is 0.151. The summed E-state index contributed by atoms with van der Waals surface area (Å²) in [5.74, 6) is 0.435. The second kappa shape index (κ2) is 4.93. The van der Waals surface area contributed by atoms with Crippen LogP contribution in [0, 0.1) is 5.92 Å². The maximum absolute atomic E-state index is 11.5. The minimum atomic E-state index is -0.151. The molecule has 0 unspecified atom stereocenters. The Balaban J connectivity index is 1.75. The highest BCUT2D eigenvalue weighted by Gasteiger charge is 2.15. The number of piperidine rings is 1. The fourth-order valence-electron chi connectivity index (χ4n) is 1.74. The highest BCUT2D eigenvalue weighted by Crippen LogP contribution is 2.09. The smallest absolute Gasteiger partial charge is 0.273 e. The number of carbonyl (C=O) groups is 1. The Hall–Kier alpha value is -1.36. The lowest BCUT2D eigenvalue weighted by atomic mass is 9.98. The van der Waals surface area contributed by atoms with Crippen molar-refractivity contribution < 1.29 is 9.32 Å². The lowest BCUT2D eigenvalue weighted by molar-refractivity contribution is 0.0935. The number of nitrogens with one attached hydrogen (secondary N) is 2. The van der Waals surface area contributed by atoms with Gasteiger partial charge in [0.1, 0.15) is 6.26 Å². The molecule has 82 valence electrons. The summed E-state index contributed by atoms with van der Waals surface area (Å²) in [5.41, 5.74) is 0.351. The Bertz CT molecular complexity index is 304. The SMILES string of the molecule is O=C(NCC1CCNCC1)c1ccon1. The molecule has 15 heavy (non-hydrogen) atoms. The lowest BCUT2D eigenvalue weighted by Gasteiger charge is -2.22. The van der Waals surface area contributed by atoms with Crippen molar-refractivity contribution in [2.75, 3.05) is 19.6 Å². The third kappa shape index (κ3) is 2.79. The van der Waals surface area contributed by atoms with Crippen LogP contribution in [0.3, 0.4) is 0 Å². The van der Waals surface area contributed by atoms with Crippen LogP contribution in [0.5, 0.6) is 0 Å². The molecule has 5 heteroatoms. The molecule has 1 aliphatic rings. The van der Waals surface area contributed by atoms with Crippen LogP contribution in [0.25, 0.3) is 0 Å². The van der Waals surface area contributed by atoms with Gasteiger partial charge >= 0.3 is 0 Å². The molecule has 0 saturated carbocycles. The van der Waals surface area contributed by atoms with Crippen LogP contribution in [0.15, 0.2) is 16.9 Å². The van der Waals surface area contributed by atoms with Gasteiger partial charge < -0.3 is 15.2 Å². The first-order valence-electron chi connectivity index (χ1n) is 5.25. The molecule has 2 heterocycles. The number of rotatable bonds is 3. The van der Waals surface area contributed by atoms with E-state index in [-0.39, 0.29) is 5.91 Å². The van der Waals surface area contributed by atoms with E-state index in [0.29, 0.717) is 11.6 Å². The molecule has 2 rings (SSSR count). The van der Waals surface area contributed by atoms with Gasteiger partial charge in [0.15, 0.2) is 5.69 Å². The van der Waals surface area contributed by atoms with Gasteiger partial charge in [-0.25, -0.2) is 0 Å². The van der Waals surface area contributed by atoms with E-state index in [1.165, 1.54) is 6.26 Å². The van der Waals surface area contributed by atoms with E-state index in [9.17, 15) is 4.79 Å². The molecule has 0 spiro atoms. The molecule has 1 aromatic heterocycles. The molecule has 0 bridgehead atoms. The zero-order chi connectivity index (χ0) is 10.5. The van der Waals surface area contributed by atoms with Crippen LogP contribution in [0.2, 0.25) is 0 Å². The second-order valence-electron chi connectivity index (χ2n) is 3.79. The number of carbonyl (C=O) groups excluding carboxylic acids is 1. The Labute approximate surface area is 88.2 Å². The fraction of sp³-hybridized carbons (Fsp3) is 0.600. The molecule has 1 fully saturated rings. The molecule has 0 aliphatic carbocycles. The summed E-state index contributed by atoms with van der Waals surface area (Å²) in [4.78, 5) is 11.5. The first-order chi connectivity index (χ1) is 7.36. The fourth-order valence-corrected chi connectivity index (χ4v) is 1.74. The van der Waals surface area contributed by atoms with Crippen molar-refractivity contribution in [1.82, 2.24) is 15.8 Å². The monoisotopic (exact) mass is 209 g/mol. The van der Waals surface area contributed by atoms with E-state index in [4.69, 9.17) is 0 Å². The topological polar surface area (TPSA) is 67.2 Å². The van der Waals surface area contributed by atoms with Crippen molar-refractivity contribution in [3.05, 3.63) is 18.0 Å². The molecular weight excluding hydrogens is 194 g/mol. The Kier molecular flexibility index (Phi) is 3.34. The van der Waals surface area contributed by atoms with Crippen molar-refractivity contribution in [3.8, 4) is 0 Å². The zero-order valence-corrected chi connectivity index (χ0v) is 8.53. The number of hydrogen-bond acceptors (Lipinski definition) is 4.